The maximum atomic E-state index is 13.7. The van der Waals surface area contributed by atoms with Crippen molar-refractivity contribution in [1.29, 1.82) is 0 Å². The fourth-order valence-electron chi connectivity index (χ4n) is 2.11. The smallest absolute Gasteiger partial charge is 0.137 e. The molecule has 0 aromatic heterocycles. The summed E-state index contributed by atoms with van der Waals surface area (Å²) in [6.45, 7) is 2.09. The number of halogens is 2. The van der Waals surface area contributed by atoms with E-state index < -0.39 is 11.6 Å². The zero-order valence-corrected chi connectivity index (χ0v) is 12.3. The average Bonchev–Trinajstić information content (AvgIpc) is 2.46. The Bertz CT molecular complexity index is 582. The van der Waals surface area contributed by atoms with Crippen LogP contribution in [0.4, 0.5) is 8.78 Å². The van der Waals surface area contributed by atoms with Gasteiger partial charge in [-0.15, -0.1) is 0 Å². The van der Waals surface area contributed by atoms with Gasteiger partial charge in [-0.25, -0.2) is 8.78 Å². The zero-order chi connectivity index (χ0) is 14.5. The highest BCUT2D eigenvalue weighted by atomic mass is 32.2. The Balaban J connectivity index is 2.36. The normalized spacial score (nSPS) is 12.4. The molecule has 2 aromatic carbocycles. The maximum absolute atomic E-state index is 13.7. The molecule has 1 N–H and O–H groups in total. The van der Waals surface area contributed by atoms with E-state index in [1.807, 2.05) is 31.3 Å². The third-order valence-corrected chi connectivity index (χ3v) is 4.29. The second kappa shape index (κ2) is 6.86. The van der Waals surface area contributed by atoms with Gasteiger partial charge >= 0.3 is 0 Å². The quantitative estimate of drug-likeness (QED) is 0.851. The molecule has 0 aliphatic carbocycles. The van der Waals surface area contributed by atoms with Crippen LogP contribution >= 0.6 is 11.8 Å². The minimum absolute atomic E-state index is 0.204. The van der Waals surface area contributed by atoms with E-state index in [1.54, 1.807) is 0 Å². The first-order valence-corrected chi connectivity index (χ1v) is 7.36. The van der Waals surface area contributed by atoms with Crippen LogP contribution in [0.25, 0.3) is 0 Å². The summed E-state index contributed by atoms with van der Waals surface area (Å²) in [6, 6.07) is 11.6. The van der Waals surface area contributed by atoms with Crippen LogP contribution in [-0.4, -0.2) is 7.05 Å². The number of hydrogen-bond donors (Lipinski definition) is 1. The lowest BCUT2D eigenvalue weighted by molar-refractivity contribution is 0.567. The molecule has 4 heteroatoms. The zero-order valence-electron chi connectivity index (χ0n) is 11.5. The Morgan fingerprint density at radius 1 is 1.10 bits per heavy atom. The van der Waals surface area contributed by atoms with Crippen molar-refractivity contribution in [3.63, 3.8) is 0 Å². The minimum Gasteiger partial charge on any atom is -0.313 e. The molecule has 0 fully saturated rings. The summed E-state index contributed by atoms with van der Waals surface area (Å²) in [5.41, 5.74) is 1.10. The van der Waals surface area contributed by atoms with Crippen LogP contribution in [0.2, 0.25) is 0 Å². The summed E-state index contributed by atoms with van der Waals surface area (Å²) in [4.78, 5) is 1.25. The highest BCUT2D eigenvalue weighted by molar-refractivity contribution is 7.99. The van der Waals surface area contributed by atoms with Crippen molar-refractivity contribution in [2.75, 3.05) is 7.05 Å². The molecule has 0 aliphatic rings. The topological polar surface area (TPSA) is 12.0 Å². The van der Waals surface area contributed by atoms with E-state index in [1.165, 1.54) is 17.8 Å². The van der Waals surface area contributed by atoms with E-state index in [4.69, 9.17) is 0 Å². The van der Waals surface area contributed by atoms with Crippen molar-refractivity contribution in [2.24, 2.45) is 0 Å². The number of benzene rings is 2. The molecule has 20 heavy (non-hydrogen) atoms. The van der Waals surface area contributed by atoms with Crippen LogP contribution in [0, 0.1) is 11.6 Å². The number of rotatable bonds is 5. The maximum Gasteiger partial charge on any atom is 0.137 e. The van der Waals surface area contributed by atoms with E-state index in [-0.39, 0.29) is 6.04 Å². The van der Waals surface area contributed by atoms with Gasteiger partial charge in [0.2, 0.25) is 0 Å². The Morgan fingerprint density at radius 3 is 2.55 bits per heavy atom. The monoisotopic (exact) mass is 293 g/mol. The summed E-state index contributed by atoms with van der Waals surface area (Å²) in [7, 11) is 1.90. The molecule has 1 atom stereocenters. The van der Waals surface area contributed by atoms with Gasteiger partial charge in [0.25, 0.3) is 0 Å². The fourth-order valence-corrected chi connectivity index (χ4v) is 3.16. The van der Waals surface area contributed by atoms with Gasteiger partial charge in [0, 0.05) is 10.9 Å². The first kappa shape index (κ1) is 15.0. The van der Waals surface area contributed by atoms with Gasteiger partial charge in [-0.3, -0.25) is 0 Å². The third kappa shape index (κ3) is 3.38. The van der Waals surface area contributed by atoms with Crippen molar-refractivity contribution >= 4 is 11.8 Å². The van der Waals surface area contributed by atoms with Crippen LogP contribution in [0.5, 0.6) is 0 Å². The van der Waals surface area contributed by atoms with E-state index in [9.17, 15) is 8.78 Å². The second-order valence-electron chi connectivity index (χ2n) is 4.46. The van der Waals surface area contributed by atoms with Gasteiger partial charge in [0.05, 0.1) is 4.90 Å². The third-order valence-electron chi connectivity index (χ3n) is 3.16. The lowest BCUT2D eigenvalue weighted by Gasteiger charge is -2.18. The molecule has 0 saturated heterocycles. The Hall–Kier alpha value is -1.39. The van der Waals surface area contributed by atoms with Crippen molar-refractivity contribution in [3.05, 3.63) is 59.7 Å². The van der Waals surface area contributed by atoms with E-state index >= 15 is 0 Å². The van der Waals surface area contributed by atoms with E-state index in [0.29, 0.717) is 4.90 Å². The summed E-state index contributed by atoms with van der Waals surface area (Å²) in [5, 5.41) is 3.24. The van der Waals surface area contributed by atoms with Crippen LogP contribution in [0.3, 0.4) is 0 Å². The summed E-state index contributed by atoms with van der Waals surface area (Å²) in [5.74, 6) is -0.823. The largest absolute Gasteiger partial charge is 0.313 e. The van der Waals surface area contributed by atoms with E-state index in [0.717, 1.165) is 29.0 Å². The van der Waals surface area contributed by atoms with Gasteiger partial charge in [-0.05, 0) is 43.3 Å². The molecule has 0 spiro atoms. The van der Waals surface area contributed by atoms with Crippen LogP contribution in [-0.2, 0) is 0 Å². The van der Waals surface area contributed by atoms with Crippen molar-refractivity contribution in [2.45, 2.75) is 29.2 Å². The van der Waals surface area contributed by atoms with Crippen LogP contribution in [0.15, 0.2) is 52.3 Å². The molecule has 1 nitrogen and oxygen atoms in total. The van der Waals surface area contributed by atoms with Gasteiger partial charge in [0.1, 0.15) is 11.6 Å². The number of hydrogen-bond acceptors (Lipinski definition) is 2. The van der Waals surface area contributed by atoms with Crippen molar-refractivity contribution in [3.8, 4) is 0 Å². The lowest BCUT2D eigenvalue weighted by Crippen LogP contribution is -2.15. The average molecular weight is 293 g/mol. The van der Waals surface area contributed by atoms with Gasteiger partial charge in [0.15, 0.2) is 0 Å². The molecule has 0 aliphatic heterocycles. The summed E-state index contributed by atoms with van der Waals surface area (Å²) >= 11 is 1.26. The van der Waals surface area contributed by atoms with Gasteiger partial charge in [-0.1, -0.05) is 36.9 Å². The van der Waals surface area contributed by atoms with Crippen LogP contribution < -0.4 is 5.32 Å². The Morgan fingerprint density at radius 2 is 1.85 bits per heavy atom. The molecule has 1 unspecified atom stereocenters. The first-order valence-electron chi connectivity index (χ1n) is 6.54. The summed E-state index contributed by atoms with van der Waals surface area (Å²) in [6.07, 6.45) is 0.930. The molecule has 2 rings (SSSR count). The molecule has 0 radical (unpaired) electrons. The second-order valence-corrected chi connectivity index (χ2v) is 5.55. The van der Waals surface area contributed by atoms with E-state index in [2.05, 4.69) is 12.2 Å². The molecule has 0 saturated carbocycles. The van der Waals surface area contributed by atoms with Gasteiger partial charge < -0.3 is 5.32 Å². The fraction of sp³-hybridized carbons (Fsp3) is 0.250. The Labute approximate surface area is 122 Å². The van der Waals surface area contributed by atoms with Crippen molar-refractivity contribution in [1.82, 2.24) is 5.32 Å². The molecular weight excluding hydrogens is 276 g/mol. The minimum atomic E-state index is -0.424. The van der Waals surface area contributed by atoms with Crippen LogP contribution in [0.1, 0.15) is 24.9 Å². The predicted molar refractivity (Wildman–Crippen MR) is 79.0 cm³/mol. The molecule has 0 heterocycles. The standard InChI is InChI=1S/C16H17F2NS/c1-3-14(19-2)12-6-4-5-7-15(12)20-16-10-11(17)8-9-13(16)18/h4-10,14,19H,3H2,1-2H3. The molecule has 0 amide bonds. The molecular formula is C16H17F2NS. The van der Waals surface area contributed by atoms with Gasteiger partial charge in [-0.2, -0.15) is 0 Å². The molecule has 106 valence electrons. The van der Waals surface area contributed by atoms with Crippen molar-refractivity contribution < 1.29 is 8.78 Å². The summed E-state index contributed by atoms with van der Waals surface area (Å²) < 4.78 is 27.0. The lowest BCUT2D eigenvalue weighted by atomic mass is 10.1. The Kier molecular flexibility index (Phi) is 5.15. The highest BCUT2D eigenvalue weighted by Crippen LogP contribution is 2.35. The highest BCUT2D eigenvalue weighted by Gasteiger charge is 2.14. The first-order chi connectivity index (χ1) is 9.65. The molecule has 2 aromatic rings. The molecule has 0 bridgehead atoms. The predicted octanol–water partition coefficient (Wildman–Crippen LogP) is 4.79. The SMILES string of the molecule is CCC(NC)c1ccccc1Sc1cc(F)ccc1F. The number of nitrogens with one attached hydrogen (secondary N) is 1.